The van der Waals surface area contributed by atoms with Gasteiger partial charge < -0.3 is 9.84 Å². The van der Waals surface area contributed by atoms with E-state index in [0.717, 1.165) is 34.0 Å². The van der Waals surface area contributed by atoms with Crippen LogP contribution in [0.2, 0.25) is 5.02 Å². The molecule has 1 aliphatic rings. The molecule has 0 unspecified atom stereocenters. The number of carbonyl (C=O) groups is 1. The molecule has 3 rings (SSSR count). The van der Waals surface area contributed by atoms with E-state index in [1.807, 2.05) is 25.1 Å². The van der Waals surface area contributed by atoms with E-state index in [1.165, 1.54) is 5.56 Å². The average Bonchev–Trinajstić information content (AvgIpc) is 2.55. The van der Waals surface area contributed by atoms with Crippen molar-refractivity contribution in [1.29, 1.82) is 0 Å². The van der Waals surface area contributed by atoms with E-state index in [-0.39, 0.29) is 11.3 Å². The minimum atomic E-state index is -0.702. The first-order chi connectivity index (χ1) is 13.1. The Hall–Kier alpha value is -2.04. The fourth-order valence-corrected chi connectivity index (χ4v) is 3.99. The summed E-state index contributed by atoms with van der Waals surface area (Å²) in [6.45, 7) is 11.0. The lowest BCUT2D eigenvalue weighted by Gasteiger charge is -2.36. The van der Waals surface area contributed by atoms with Gasteiger partial charge in [-0.3, -0.25) is 9.69 Å². The van der Waals surface area contributed by atoms with E-state index in [4.69, 9.17) is 21.4 Å². The third kappa shape index (κ3) is 4.86. The second-order valence-electron chi connectivity index (χ2n) is 8.68. The molecule has 0 amide bonds. The van der Waals surface area contributed by atoms with Gasteiger partial charge in [0.15, 0.2) is 0 Å². The monoisotopic (exact) mass is 401 g/mol. The molecule has 5 heteroatoms. The summed E-state index contributed by atoms with van der Waals surface area (Å²) in [5, 5.41) is 9.74. The van der Waals surface area contributed by atoms with Gasteiger partial charge >= 0.3 is 5.97 Å². The number of carboxylic acids is 1. The summed E-state index contributed by atoms with van der Waals surface area (Å²) in [6.07, 6.45) is 0. The van der Waals surface area contributed by atoms with Crippen LogP contribution in [0.4, 0.5) is 0 Å². The number of hydrogen-bond acceptors (Lipinski definition) is 3. The molecule has 0 spiro atoms. The number of carboxylic acid groups (broad SMARTS) is 1. The zero-order valence-electron chi connectivity index (χ0n) is 17.0. The lowest BCUT2D eigenvalue weighted by molar-refractivity contribution is -0.147. The number of hydrogen-bond donors (Lipinski definition) is 1. The molecule has 1 aliphatic heterocycles. The summed E-state index contributed by atoms with van der Waals surface area (Å²) < 4.78 is 6.00. The van der Waals surface area contributed by atoms with E-state index >= 15 is 0 Å². The highest BCUT2D eigenvalue weighted by Gasteiger charge is 2.32. The largest absolute Gasteiger partial charge is 0.489 e. The number of rotatable bonds is 6. The maximum absolute atomic E-state index is 10.9. The Kier molecular flexibility index (Phi) is 6.01. The van der Waals surface area contributed by atoms with Gasteiger partial charge in [-0.15, -0.1) is 0 Å². The molecule has 0 radical (unpaired) electrons. The summed E-state index contributed by atoms with van der Waals surface area (Å²) in [6, 6.07) is 12.3. The molecule has 0 aliphatic carbocycles. The number of nitrogens with zero attached hydrogens (tertiary/aromatic N) is 1. The molecule has 0 atom stereocenters. The number of benzene rings is 2. The first-order valence-electron chi connectivity index (χ1n) is 9.60. The van der Waals surface area contributed by atoms with E-state index in [2.05, 4.69) is 43.9 Å². The minimum absolute atomic E-state index is 0.0177. The maximum Gasteiger partial charge on any atom is 0.309 e. The van der Waals surface area contributed by atoms with Gasteiger partial charge in [0.25, 0.3) is 0 Å². The van der Waals surface area contributed by atoms with Gasteiger partial charge in [-0.2, -0.15) is 0 Å². The molecule has 1 N–H and O–H groups in total. The van der Waals surface area contributed by atoms with Crippen LogP contribution in [0.1, 0.15) is 43.0 Å². The molecule has 2 aromatic carbocycles. The van der Waals surface area contributed by atoms with Crippen LogP contribution in [0.15, 0.2) is 36.4 Å². The van der Waals surface area contributed by atoms with E-state index in [0.29, 0.717) is 19.7 Å². The van der Waals surface area contributed by atoms with Crippen LogP contribution in [0.25, 0.3) is 0 Å². The zero-order valence-corrected chi connectivity index (χ0v) is 17.7. The molecule has 4 nitrogen and oxygen atoms in total. The van der Waals surface area contributed by atoms with Crippen LogP contribution in [0, 0.1) is 12.8 Å². The minimum Gasteiger partial charge on any atom is -0.489 e. The van der Waals surface area contributed by atoms with Crippen molar-refractivity contribution in [2.75, 3.05) is 13.1 Å². The van der Waals surface area contributed by atoms with Crippen molar-refractivity contribution in [3.05, 3.63) is 63.7 Å². The van der Waals surface area contributed by atoms with Crippen LogP contribution < -0.4 is 4.74 Å². The van der Waals surface area contributed by atoms with Crippen LogP contribution in [0.3, 0.4) is 0 Å². The number of halogens is 1. The fraction of sp³-hybridized carbons (Fsp3) is 0.435. The van der Waals surface area contributed by atoms with Gasteiger partial charge in [0.05, 0.1) is 5.92 Å². The third-order valence-corrected chi connectivity index (χ3v) is 5.50. The normalized spacial score (nSPS) is 15.3. The van der Waals surface area contributed by atoms with Gasteiger partial charge in [-0.25, -0.2) is 0 Å². The summed E-state index contributed by atoms with van der Waals surface area (Å²) in [5.74, 6) is -0.0705. The van der Waals surface area contributed by atoms with Crippen molar-refractivity contribution in [3.8, 4) is 5.75 Å². The first kappa shape index (κ1) is 20.7. The SMILES string of the molecule is Cc1cc(CN2CC(C(=O)O)C2)ccc1OCc1ccc(C(C)(C)C)c(Cl)c1. The molecule has 150 valence electrons. The standard InChI is InChI=1S/C23H28ClNO3/c1-15-9-16(11-25-12-18(13-25)22(26)27)6-8-21(15)28-14-17-5-7-19(20(24)10-17)23(2,3)4/h5-10,18H,11-14H2,1-4H3,(H,26,27). The highest BCUT2D eigenvalue weighted by atomic mass is 35.5. The van der Waals surface area contributed by atoms with Crippen LogP contribution in [-0.2, 0) is 23.4 Å². The highest BCUT2D eigenvalue weighted by molar-refractivity contribution is 6.31. The third-order valence-electron chi connectivity index (χ3n) is 5.19. The Morgan fingerprint density at radius 1 is 1.18 bits per heavy atom. The van der Waals surface area contributed by atoms with Gasteiger partial charge in [0.2, 0.25) is 0 Å². The Morgan fingerprint density at radius 3 is 2.43 bits per heavy atom. The Morgan fingerprint density at radius 2 is 1.86 bits per heavy atom. The molecule has 1 fully saturated rings. The van der Waals surface area contributed by atoms with Crippen LogP contribution in [-0.4, -0.2) is 29.1 Å². The van der Waals surface area contributed by atoms with E-state index < -0.39 is 5.97 Å². The van der Waals surface area contributed by atoms with Crippen molar-refractivity contribution in [2.45, 2.75) is 46.3 Å². The van der Waals surface area contributed by atoms with Crippen LogP contribution in [0.5, 0.6) is 5.75 Å². The highest BCUT2D eigenvalue weighted by Crippen LogP contribution is 2.30. The predicted molar refractivity (Wildman–Crippen MR) is 112 cm³/mol. The predicted octanol–water partition coefficient (Wildman–Crippen LogP) is 5.04. The number of ether oxygens (including phenoxy) is 1. The summed E-state index contributed by atoms with van der Waals surface area (Å²) in [5.41, 5.74) is 4.44. The van der Waals surface area contributed by atoms with Crippen molar-refractivity contribution < 1.29 is 14.6 Å². The van der Waals surface area contributed by atoms with E-state index in [9.17, 15) is 4.79 Å². The van der Waals surface area contributed by atoms with Crippen molar-refractivity contribution in [2.24, 2.45) is 5.92 Å². The van der Waals surface area contributed by atoms with Gasteiger partial charge in [-0.05, 0) is 46.7 Å². The van der Waals surface area contributed by atoms with Crippen molar-refractivity contribution in [3.63, 3.8) is 0 Å². The maximum atomic E-state index is 10.9. The average molecular weight is 402 g/mol. The molecule has 0 bridgehead atoms. The van der Waals surface area contributed by atoms with Gasteiger partial charge in [0.1, 0.15) is 12.4 Å². The molecule has 1 saturated heterocycles. The summed E-state index contributed by atoms with van der Waals surface area (Å²) in [4.78, 5) is 13.0. The quantitative estimate of drug-likeness (QED) is 0.736. The van der Waals surface area contributed by atoms with Crippen molar-refractivity contribution in [1.82, 2.24) is 4.90 Å². The number of aliphatic carboxylic acids is 1. The lowest BCUT2D eigenvalue weighted by Crippen LogP contribution is -2.49. The molecular weight excluding hydrogens is 374 g/mol. The summed E-state index contributed by atoms with van der Waals surface area (Å²) >= 11 is 6.45. The smallest absolute Gasteiger partial charge is 0.309 e. The van der Waals surface area contributed by atoms with Gasteiger partial charge in [-0.1, -0.05) is 56.6 Å². The fourth-order valence-electron chi connectivity index (χ4n) is 3.50. The Bertz CT molecular complexity index is 867. The van der Waals surface area contributed by atoms with E-state index in [1.54, 1.807) is 0 Å². The van der Waals surface area contributed by atoms with Gasteiger partial charge in [0, 0.05) is 24.7 Å². The molecule has 1 heterocycles. The number of likely N-dealkylation sites (tertiary alicyclic amines) is 1. The van der Waals surface area contributed by atoms with Crippen LogP contribution >= 0.6 is 11.6 Å². The molecule has 2 aromatic rings. The number of aryl methyl sites for hydroxylation is 1. The summed E-state index contributed by atoms with van der Waals surface area (Å²) in [7, 11) is 0. The lowest BCUT2D eigenvalue weighted by atomic mass is 9.86. The first-order valence-corrected chi connectivity index (χ1v) is 9.97. The van der Waals surface area contributed by atoms with Crippen molar-refractivity contribution >= 4 is 17.6 Å². The molecular formula is C23H28ClNO3. The topological polar surface area (TPSA) is 49.8 Å². The Balaban J connectivity index is 1.58. The second-order valence-corrected chi connectivity index (χ2v) is 9.09. The second kappa shape index (κ2) is 8.14. The molecule has 28 heavy (non-hydrogen) atoms. The molecule has 0 aromatic heterocycles. The Labute approximate surface area is 172 Å². The zero-order chi connectivity index (χ0) is 20.5. The molecule has 0 saturated carbocycles.